The number of hydrogen-bond donors (Lipinski definition) is 0. The van der Waals surface area contributed by atoms with Gasteiger partial charge in [-0.3, -0.25) is 0 Å². The van der Waals surface area contributed by atoms with Gasteiger partial charge in [-0.25, -0.2) is 0 Å². The zero-order chi connectivity index (χ0) is 36.4. The fourth-order valence-electron chi connectivity index (χ4n) is 7.70. The molecule has 0 unspecified atom stereocenters. The molecule has 9 rings (SSSR count). The molecule has 0 aliphatic carbocycles. The fraction of sp³-hybridized carbons (Fsp3) is 0.0385. The van der Waals surface area contributed by atoms with Gasteiger partial charge < -0.3 is 9.80 Å². The molecule has 0 bridgehead atoms. The molecule has 0 atom stereocenters. The zero-order valence-electron chi connectivity index (χ0n) is 30.5. The van der Waals surface area contributed by atoms with E-state index < -0.39 is 0 Å². The van der Waals surface area contributed by atoms with E-state index in [1.54, 1.807) is 0 Å². The molecule has 0 saturated carbocycles. The van der Waals surface area contributed by atoms with Gasteiger partial charge in [0, 0.05) is 34.1 Å². The molecule has 0 fully saturated rings. The maximum absolute atomic E-state index is 2.34. The first kappa shape index (κ1) is 33.0. The number of rotatable bonds is 8. The third-order valence-electron chi connectivity index (χ3n) is 10.5. The molecule has 0 heterocycles. The highest BCUT2D eigenvalue weighted by molar-refractivity contribution is 5.91. The second-order valence-corrected chi connectivity index (χ2v) is 14.0. The Morgan fingerprint density at radius 2 is 0.574 bits per heavy atom. The van der Waals surface area contributed by atoms with Crippen LogP contribution in [0.15, 0.2) is 206 Å². The standard InChI is InChI=1S/C52H40N2/c1-37-33-52(42-25-29-48(30-26-42)54(46-19-7-4-8-20-46)50-32-22-40-14-10-12-16-44(40)36-50)38(2)34-51(37)41-23-27-47(28-24-41)53(45-17-5-3-6-18-45)49-31-21-39-13-9-11-15-43(39)35-49/h3-36H,1-2H3. The highest BCUT2D eigenvalue weighted by Gasteiger charge is 2.16. The summed E-state index contributed by atoms with van der Waals surface area (Å²) in [6.07, 6.45) is 0. The highest BCUT2D eigenvalue weighted by Crippen LogP contribution is 2.40. The first-order valence-corrected chi connectivity index (χ1v) is 18.6. The van der Waals surface area contributed by atoms with Gasteiger partial charge in [0.1, 0.15) is 0 Å². The summed E-state index contributed by atoms with van der Waals surface area (Å²) in [6.45, 7) is 4.45. The van der Waals surface area contributed by atoms with Crippen molar-refractivity contribution in [1.29, 1.82) is 0 Å². The van der Waals surface area contributed by atoms with Crippen LogP contribution in [0.1, 0.15) is 11.1 Å². The Morgan fingerprint density at radius 1 is 0.259 bits per heavy atom. The van der Waals surface area contributed by atoms with E-state index in [2.05, 4.69) is 230 Å². The largest absolute Gasteiger partial charge is 0.310 e. The lowest BCUT2D eigenvalue weighted by atomic mass is 9.91. The van der Waals surface area contributed by atoms with E-state index in [4.69, 9.17) is 0 Å². The van der Waals surface area contributed by atoms with Gasteiger partial charge in [0.2, 0.25) is 0 Å². The Balaban J connectivity index is 1.02. The van der Waals surface area contributed by atoms with Gasteiger partial charge in [0.25, 0.3) is 0 Å². The van der Waals surface area contributed by atoms with Gasteiger partial charge in [-0.15, -0.1) is 0 Å². The molecule has 54 heavy (non-hydrogen) atoms. The van der Waals surface area contributed by atoms with Crippen LogP contribution in [0.25, 0.3) is 43.8 Å². The maximum atomic E-state index is 2.34. The third kappa shape index (κ3) is 6.40. The van der Waals surface area contributed by atoms with E-state index >= 15 is 0 Å². The summed E-state index contributed by atoms with van der Waals surface area (Å²) < 4.78 is 0. The Kier molecular flexibility index (Phi) is 8.70. The van der Waals surface area contributed by atoms with Crippen LogP contribution >= 0.6 is 0 Å². The zero-order valence-corrected chi connectivity index (χ0v) is 30.5. The van der Waals surface area contributed by atoms with E-state index in [0.29, 0.717) is 0 Å². The topological polar surface area (TPSA) is 6.48 Å². The summed E-state index contributed by atoms with van der Waals surface area (Å²) in [5.41, 5.74) is 14.2. The predicted molar refractivity (Wildman–Crippen MR) is 231 cm³/mol. The fourth-order valence-corrected chi connectivity index (χ4v) is 7.70. The summed E-state index contributed by atoms with van der Waals surface area (Å²) in [5.74, 6) is 0. The number of benzene rings is 9. The monoisotopic (exact) mass is 692 g/mol. The van der Waals surface area contributed by atoms with Gasteiger partial charge in [-0.1, -0.05) is 133 Å². The molecule has 0 N–H and O–H groups in total. The van der Waals surface area contributed by atoms with E-state index in [-0.39, 0.29) is 0 Å². The SMILES string of the molecule is Cc1cc(-c2ccc(N(c3ccccc3)c3ccc4ccccc4c3)cc2)c(C)cc1-c1ccc(N(c2ccccc2)c2ccc3ccccc3c2)cc1. The van der Waals surface area contributed by atoms with Crippen molar-refractivity contribution in [2.75, 3.05) is 9.80 Å². The van der Waals surface area contributed by atoms with E-state index in [9.17, 15) is 0 Å². The number of fused-ring (bicyclic) bond motifs is 2. The Hall–Kier alpha value is -6.90. The molecule has 0 aliphatic heterocycles. The van der Waals surface area contributed by atoms with Crippen LogP contribution in [-0.2, 0) is 0 Å². The lowest BCUT2D eigenvalue weighted by Crippen LogP contribution is -2.09. The molecule has 9 aromatic rings. The first-order chi connectivity index (χ1) is 26.6. The van der Waals surface area contributed by atoms with Crippen molar-refractivity contribution in [2.45, 2.75) is 13.8 Å². The molecule has 2 nitrogen and oxygen atoms in total. The number of nitrogens with zero attached hydrogens (tertiary/aromatic N) is 2. The summed E-state index contributed by atoms with van der Waals surface area (Å²) in [6, 6.07) is 74.4. The summed E-state index contributed by atoms with van der Waals surface area (Å²) in [7, 11) is 0. The van der Waals surface area contributed by atoms with Crippen molar-refractivity contribution >= 4 is 55.7 Å². The van der Waals surface area contributed by atoms with Gasteiger partial charge in [-0.05, 0) is 142 Å². The molecule has 0 aromatic heterocycles. The summed E-state index contributed by atoms with van der Waals surface area (Å²) in [5, 5.41) is 4.94. The van der Waals surface area contributed by atoms with Crippen molar-refractivity contribution in [1.82, 2.24) is 0 Å². The van der Waals surface area contributed by atoms with Gasteiger partial charge in [0.05, 0.1) is 0 Å². The minimum absolute atomic E-state index is 1.12. The van der Waals surface area contributed by atoms with Gasteiger partial charge in [-0.2, -0.15) is 0 Å². The van der Waals surface area contributed by atoms with E-state index in [0.717, 1.165) is 34.1 Å². The van der Waals surface area contributed by atoms with Crippen molar-refractivity contribution in [3.8, 4) is 22.3 Å². The van der Waals surface area contributed by atoms with Crippen molar-refractivity contribution in [2.24, 2.45) is 0 Å². The number of hydrogen-bond acceptors (Lipinski definition) is 2. The van der Waals surface area contributed by atoms with Crippen LogP contribution in [0, 0.1) is 13.8 Å². The average molecular weight is 693 g/mol. The molecule has 0 aliphatic rings. The van der Waals surface area contributed by atoms with Crippen molar-refractivity contribution in [3.05, 3.63) is 217 Å². The molecule has 258 valence electrons. The molecule has 2 heteroatoms. The van der Waals surface area contributed by atoms with Crippen LogP contribution in [0.5, 0.6) is 0 Å². The van der Waals surface area contributed by atoms with Crippen LogP contribution in [-0.4, -0.2) is 0 Å². The lowest BCUT2D eigenvalue weighted by molar-refractivity contribution is 1.29. The Bertz CT molecular complexity index is 2520. The van der Waals surface area contributed by atoms with Crippen LogP contribution < -0.4 is 9.80 Å². The molecule has 0 amide bonds. The number of aryl methyl sites for hydroxylation is 2. The van der Waals surface area contributed by atoms with Crippen LogP contribution in [0.2, 0.25) is 0 Å². The summed E-state index contributed by atoms with van der Waals surface area (Å²) in [4.78, 5) is 4.67. The smallest absolute Gasteiger partial charge is 0.0468 e. The average Bonchev–Trinajstić information content (AvgIpc) is 3.23. The minimum Gasteiger partial charge on any atom is -0.310 e. The Morgan fingerprint density at radius 3 is 0.963 bits per heavy atom. The Labute approximate surface area is 317 Å². The predicted octanol–water partition coefficient (Wildman–Crippen LogP) is 14.9. The lowest BCUT2D eigenvalue weighted by Gasteiger charge is -2.26. The van der Waals surface area contributed by atoms with Crippen LogP contribution in [0.4, 0.5) is 34.1 Å². The second kappa shape index (κ2) is 14.3. The molecule has 0 radical (unpaired) electrons. The quantitative estimate of drug-likeness (QED) is 0.156. The number of para-hydroxylation sites is 2. The van der Waals surface area contributed by atoms with E-state index in [1.807, 2.05) is 0 Å². The third-order valence-corrected chi connectivity index (χ3v) is 10.5. The summed E-state index contributed by atoms with van der Waals surface area (Å²) >= 11 is 0. The highest BCUT2D eigenvalue weighted by atomic mass is 15.1. The molecular weight excluding hydrogens is 653 g/mol. The van der Waals surface area contributed by atoms with Crippen LogP contribution in [0.3, 0.4) is 0 Å². The molecule has 0 spiro atoms. The molecule has 9 aromatic carbocycles. The van der Waals surface area contributed by atoms with Crippen molar-refractivity contribution in [3.63, 3.8) is 0 Å². The second-order valence-electron chi connectivity index (χ2n) is 14.0. The molecular formula is C52H40N2. The minimum atomic E-state index is 1.12. The number of anilines is 6. The normalized spacial score (nSPS) is 11.1. The van der Waals surface area contributed by atoms with Gasteiger partial charge >= 0.3 is 0 Å². The molecule has 0 saturated heterocycles. The van der Waals surface area contributed by atoms with E-state index in [1.165, 1.54) is 54.9 Å². The maximum Gasteiger partial charge on any atom is 0.0468 e. The van der Waals surface area contributed by atoms with Gasteiger partial charge in [0.15, 0.2) is 0 Å². The van der Waals surface area contributed by atoms with Crippen molar-refractivity contribution < 1.29 is 0 Å². The first-order valence-electron chi connectivity index (χ1n) is 18.6.